The van der Waals surface area contributed by atoms with Gasteiger partial charge in [0.05, 0.1) is 30.4 Å². The molecule has 8 heteroatoms. The molecule has 0 spiro atoms. The lowest BCUT2D eigenvalue weighted by atomic mass is 9.97. The molecule has 2 heterocycles. The minimum Gasteiger partial charge on any atom is -0.497 e. The Labute approximate surface area is 304 Å². The van der Waals surface area contributed by atoms with Gasteiger partial charge in [0.2, 0.25) is 0 Å². The third-order valence-corrected chi connectivity index (χ3v) is 7.93. The smallest absolute Gasteiger partial charge is 0.361 e. The monoisotopic (exact) mass is 708 g/mol. The maximum atomic E-state index is 8.49. The average Bonchev–Trinajstić information content (AvgIpc) is 3.18. The van der Waals surface area contributed by atoms with Crippen LogP contribution in [-0.2, 0) is 4.74 Å². The van der Waals surface area contributed by atoms with Crippen molar-refractivity contribution in [3.63, 3.8) is 0 Å². The highest BCUT2D eigenvalue weighted by molar-refractivity contribution is 5.91. The molecule has 5 aromatic carbocycles. The maximum Gasteiger partial charge on any atom is 0.361 e. The summed E-state index contributed by atoms with van der Waals surface area (Å²) in [4.78, 5) is 0. The molecule has 6 aromatic rings. The van der Waals surface area contributed by atoms with E-state index in [2.05, 4.69) is 97.1 Å². The van der Waals surface area contributed by atoms with Crippen LogP contribution in [0.5, 0.6) is 5.75 Å². The highest BCUT2D eigenvalue weighted by Gasteiger charge is 2.20. The molecule has 0 N–H and O–H groups in total. The summed E-state index contributed by atoms with van der Waals surface area (Å²) < 4.78 is 52.4. The summed E-state index contributed by atoms with van der Waals surface area (Å²) in [5.41, 5.74) is 8.17. The van der Waals surface area contributed by atoms with Crippen LogP contribution in [-0.4, -0.2) is 7.11 Å². The second-order valence-electron chi connectivity index (χ2n) is 11.6. The number of hydrogen-bond acceptors (Lipinski definition) is 6. The van der Waals surface area contributed by atoms with Gasteiger partial charge in [-0.05, 0) is 83.0 Å². The van der Waals surface area contributed by atoms with E-state index < -0.39 is 10.2 Å². The van der Waals surface area contributed by atoms with Gasteiger partial charge < -0.3 is 9.47 Å². The van der Waals surface area contributed by atoms with Crippen LogP contribution in [0.4, 0.5) is 0 Å². The van der Waals surface area contributed by atoms with E-state index in [-0.39, 0.29) is 0 Å². The van der Waals surface area contributed by atoms with Crippen molar-refractivity contribution < 1.29 is 42.8 Å². The molecule has 7 nitrogen and oxygen atoms in total. The Bertz CT molecular complexity index is 2090. The Morgan fingerprint density at radius 2 is 0.981 bits per heavy atom. The summed E-state index contributed by atoms with van der Waals surface area (Å²) >= 11 is 0. The normalized spacial score (nSPS) is 12.8. The molecule has 0 unspecified atom stereocenters. The summed E-state index contributed by atoms with van der Waals surface area (Å²) in [6.07, 6.45) is 8.63. The van der Waals surface area contributed by atoms with Crippen molar-refractivity contribution in [3.8, 4) is 28.4 Å². The van der Waals surface area contributed by atoms with Crippen molar-refractivity contribution in [2.24, 2.45) is 0 Å². The van der Waals surface area contributed by atoms with Crippen LogP contribution in [0.1, 0.15) is 22.3 Å². The number of allylic oxidation sites excluding steroid dienone is 5. The summed E-state index contributed by atoms with van der Waals surface area (Å²) in [7, 11) is -3.26. The largest absolute Gasteiger partial charge is 0.497 e. The number of rotatable bonds is 8. The quantitative estimate of drug-likeness (QED) is 0.161. The van der Waals surface area contributed by atoms with Gasteiger partial charge in [-0.1, -0.05) is 109 Å². The van der Waals surface area contributed by atoms with Crippen molar-refractivity contribution in [3.05, 3.63) is 204 Å². The van der Waals surface area contributed by atoms with Gasteiger partial charge in [0.1, 0.15) is 17.3 Å². The predicted octanol–water partition coefficient (Wildman–Crippen LogP) is 6.73. The highest BCUT2D eigenvalue weighted by Crippen LogP contribution is 2.35. The molecular formula is C44H33ClO7. The molecule has 1 aliphatic rings. The van der Waals surface area contributed by atoms with E-state index in [1.54, 1.807) is 7.11 Å². The van der Waals surface area contributed by atoms with Crippen molar-refractivity contribution in [2.45, 2.75) is 0 Å². The molecule has 0 aliphatic carbocycles. The van der Waals surface area contributed by atoms with Gasteiger partial charge in [-0.2, -0.15) is 0 Å². The van der Waals surface area contributed by atoms with Gasteiger partial charge in [-0.15, -0.1) is 10.2 Å². The number of hydrogen-bond donors (Lipinski definition) is 0. The van der Waals surface area contributed by atoms with Crippen molar-refractivity contribution >= 4 is 23.2 Å². The van der Waals surface area contributed by atoms with Crippen molar-refractivity contribution in [2.75, 3.05) is 7.11 Å². The first kappa shape index (κ1) is 35.8. The van der Waals surface area contributed by atoms with Gasteiger partial charge in [-0.25, -0.2) is 23.1 Å². The SMILES string of the molecule is COc1ccc(/C(C=C2C=C(c3ccccc3)OC(c3ccccc3)=C2)=C/c2cc(-c3ccccc3)[o+]c(-c3ccccc3)c2)cc1.[O-][Cl+3]([O-])([O-])[O-]. The average molecular weight is 709 g/mol. The standard InChI is InChI=1S/C44H33O3.ClHO4/c1-45-40-24-22-34(23-25-40)39(26-32-28-41(35-14-6-2-7-15-35)46-42(29-32)36-16-8-3-9-17-36)27-33-30-43(37-18-10-4-11-19-37)47-44(31-33)38-20-12-5-13-21-38;2-1(3,4)5/h2-31H,1H3;(H,2,3,4,5)/q+1;/p-1. The van der Waals surface area contributed by atoms with Crippen LogP contribution in [0.3, 0.4) is 0 Å². The second kappa shape index (κ2) is 16.8. The van der Waals surface area contributed by atoms with E-state index in [9.17, 15) is 0 Å². The van der Waals surface area contributed by atoms with Crippen molar-refractivity contribution in [1.29, 1.82) is 0 Å². The van der Waals surface area contributed by atoms with Gasteiger partial charge in [-0.3, -0.25) is 0 Å². The van der Waals surface area contributed by atoms with E-state index >= 15 is 0 Å². The van der Waals surface area contributed by atoms with Crippen molar-refractivity contribution in [1.82, 2.24) is 0 Å². The van der Waals surface area contributed by atoms with Crippen LogP contribution in [0.25, 0.3) is 45.8 Å². The van der Waals surface area contributed by atoms with E-state index in [0.717, 1.165) is 73.3 Å². The fourth-order valence-corrected chi connectivity index (χ4v) is 5.54. The van der Waals surface area contributed by atoms with Gasteiger partial charge >= 0.3 is 11.5 Å². The van der Waals surface area contributed by atoms with Crippen LogP contribution in [0, 0.1) is 10.2 Å². The molecule has 0 atom stereocenters. The number of halogens is 1. The Morgan fingerprint density at radius 1 is 0.577 bits per heavy atom. The lowest BCUT2D eigenvalue weighted by Gasteiger charge is -2.19. The molecule has 0 amide bonds. The predicted molar refractivity (Wildman–Crippen MR) is 193 cm³/mol. The van der Waals surface area contributed by atoms with Gasteiger partial charge in [0, 0.05) is 11.1 Å². The number of benzene rings is 5. The topological polar surface area (TPSA) is 122 Å². The Kier molecular flexibility index (Phi) is 11.5. The first-order chi connectivity index (χ1) is 25.2. The molecule has 0 saturated carbocycles. The third-order valence-electron chi connectivity index (χ3n) is 7.93. The zero-order valence-corrected chi connectivity index (χ0v) is 28.8. The fourth-order valence-electron chi connectivity index (χ4n) is 5.54. The molecule has 0 fully saturated rings. The molecule has 0 radical (unpaired) electrons. The molecule has 258 valence electrons. The maximum absolute atomic E-state index is 8.49. The Morgan fingerprint density at radius 3 is 1.38 bits per heavy atom. The zero-order valence-electron chi connectivity index (χ0n) is 28.1. The molecular weight excluding hydrogens is 676 g/mol. The first-order valence-corrected chi connectivity index (χ1v) is 17.5. The number of methoxy groups -OCH3 is 1. The molecule has 1 aromatic heterocycles. The minimum atomic E-state index is -4.94. The Balaban J connectivity index is 0.000000870. The third kappa shape index (κ3) is 10.0. The molecule has 0 bridgehead atoms. The number of ether oxygens (including phenoxy) is 2. The first-order valence-electron chi connectivity index (χ1n) is 16.2. The summed E-state index contributed by atoms with van der Waals surface area (Å²) in [6.45, 7) is 0. The summed E-state index contributed by atoms with van der Waals surface area (Å²) in [5.74, 6) is 3.99. The molecule has 7 rings (SSSR count). The molecule has 52 heavy (non-hydrogen) atoms. The van der Waals surface area contributed by atoms with E-state index in [4.69, 9.17) is 32.5 Å². The van der Waals surface area contributed by atoms with Crippen LogP contribution >= 0.6 is 0 Å². The summed E-state index contributed by atoms with van der Waals surface area (Å²) in [6, 6.07) is 53.2. The van der Waals surface area contributed by atoms with E-state index in [0.29, 0.717) is 0 Å². The van der Waals surface area contributed by atoms with E-state index in [1.165, 1.54) is 0 Å². The van der Waals surface area contributed by atoms with Crippen LogP contribution in [0.2, 0.25) is 0 Å². The summed E-state index contributed by atoms with van der Waals surface area (Å²) in [5, 5.41) is 0. The highest BCUT2D eigenvalue weighted by atomic mass is 35.7. The zero-order chi connectivity index (χ0) is 36.3. The van der Waals surface area contributed by atoms with E-state index in [1.807, 2.05) is 84.9 Å². The second-order valence-corrected chi connectivity index (χ2v) is 12.3. The van der Waals surface area contributed by atoms with Crippen LogP contribution in [0.15, 0.2) is 186 Å². The van der Waals surface area contributed by atoms with Crippen LogP contribution < -0.4 is 23.4 Å². The minimum absolute atomic E-state index is 0.795. The molecule has 1 aliphatic heterocycles. The Hall–Kier alpha value is -6.06. The lowest BCUT2D eigenvalue weighted by Crippen LogP contribution is -2.68. The lowest BCUT2D eigenvalue weighted by molar-refractivity contribution is -2.00. The van der Waals surface area contributed by atoms with Gasteiger partial charge in [0.15, 0.2) is 0 Å². The fraction of sp³-hybridized carbons (Fsp3) is 0.0227. The van der Waals surface area contributed by atoms with Gasteiger partial charge in [0.25, 0.3) is 0 Å². The molecule has 0 saturated heterocycles.